The Morgan fingerprint density at radius 2 is 1.93 bits per heavy atom. The number of hydrogen-bond donors (Lipinski definition) is 1. The van der Waals surface area contributed by atoms with Crippen LogP contribution in [0.25, 0.3) is 21.1 Å². The molecule has 0 aliphatic heterocycles. The van der Waals surface area contributed by atoms with E-state index in [1.807, 2.05) is 18.2 Å². The molecular formula is C18H8BrClN2O4S. The van der Waals surface area contributed by atoms with Gasteiger partial charge in [-0.2, -0.15) is 0 Å². The highest BCUT2D eigenvalue weighted by atomic mass is 79.9. The van der Waals surface area contributed by atoms with E-state index in [1.54, 1.807) is 18.2 Å². The summed E-state index contributed by atoms with van der Waals surface area (Å²) < 4.78 is 7.01. The van der Waals surface area contributed by atoms with Crippen LogP contribution in [0.1, 0.15) is 20.2 Å². The number of aromatic carboxylic acids is 1. The summed E-state index contributed by atoms with van der Waals surface area (Å²) in [7, 11) is 0. The number of ether oxygens (including phenoxy) is 1. The Labute approximate surface area is 169 Å². The van der Waals surface area contributed by atoms with Crippen molar-refractivity contribution in [3.8, 4) is 5.88 Å². The molecule has 0 aliphatic rings. The Hall–Kier alpha value is -2.55. The van der Waals surface area contributed by atoms with Crippen LogP contribution in [0.2, 0.25) is 5.02 Å². The topological polar surface area (TPSA) is 89.4 Å². The van der Waals surface area contributed by atoms with Gasteiger partial charge in [-0.1, -0.05) is 33.6 Å². The number of thiophene rings is 1. The number of benzene rings is 2. The normalized spacial score (nSPS) is 11.0. The van der Waals surface area contributed by atoms with Crippen molar-refractivity contribution < 1.29 is 19.4 Å². The summed E-state index contributed by atoms with van der Waals surface area (Å²) in [6.45, 7) is 0. The maximum absolute atomic E-state index is 12.6. The fourth-order valence-corrected chi connectivity index (χ4v) is 4.23. The minimum atomic E-state index is -1.35. The van der Waals surface area contributed by atoms with Gasteiger partial charge < -0.3 is 9.84 Å². The molecule has 0 atom stereocenters. The van der Waals surface area contributed by atoms with Crippen LogP contribution in [0, 0.1) is 0 Å². The number of carbonyl (C=O) groups excluding carboxylic acids is 1. The van der Waals surface area contributed by atoms with E-state index in [4.69, 9.17) is 16.3 Å². The van der Waals surface area contributed by atoms with Crippen molar-refractivity contribution in [2.75, 3.05) is 0 Å². The van der Waals surface area contributed by atoms with Gasteiger partial charge in [0.25, 0.3) is 5.88 Å². The molecule has 0 amide bonds. The lowest BCUT2D eigenvalue weighted by molar-refractivity contribution is 0.0672. The number of hydrogen-bond acceptors (Lipinski definition) is 6. The number of fused-ring (bicyclic) bond motifs is 2. The lowest BCUT2D eigenvalue weighted by Gasteiger charge is -2.07. The summed E-state index contributed by atoms with van der Waals surface area (Å²) in [4.78, 5) is 32.5. The molecule has 2 aromatic carbocycles. The molecule has 0 unspecified atom stereocenters. The van der Waals surface area contributed by atoms with Gasteiger partial charge in [0.05, 0.1) is 11.0 Å². The summed E-state index contributed by atoms with van der Waals surface area (Å²) in [6, 6.07) is 11.9. The fraction of sp³-hybridized carbons (Fsp3) is 0. The van der Waals surface area contributed by atoms with Crippen LogP contribution >= 0.6 is 38.9 Å². The summed E-state index contributed by atoms with van der Waals surface area (Å²) in [5.74, 6) is -2.43. The first kappa shape index (κ1) is 17.8. The highest BCUT2D eigenvalue weighted by Gasteiger charge is 2.22. The maximum Gasteiger partial charge on any atom is 0.360 e. The zero-order valence-electron chi connectivity index (χ0n) is 13.3. The molecule has 134 valence electrons. The van der Waals surface area contributed by atoms with Crippen LogP contribution in [0.15, 0.2) is 46.9 Å². The smallest absolute Gasteiger partial charge is 0.360 e. The van der Waals surface area contributed by atoms with Gasteiger partial charge in [0.2, 0.25) is 5.69 Å². The molecule has 0 saturated heterocycles. The van der Waals surface area contributed by atoms with Crippen LogP contribution in [0.3, 0.4) is 0 Å². The molecule has 0 spiro atoms. The van der Waals surface area contributed by atoms with Crippen LogP contribution in [0.5, 0.6) is 5.88 Å². The van der Waals surface area contributed by atoms with Gasteiger partial charge >= 0.3 is 11.9 Å². The number of carboxylic acid groups (broad SMARTS) is 1. The average Bonchev–Trinajstić information content (AvgIpc) is 3.06. The standard InChI is InChI=1S/C18H8BrClN2O4S/c19-10-2-1-3-13-9(10)7-14(27-13)18(25)26-16-15(17(23)24)21-11-5-4-8(20)6-12(11)22-16/h1-7H,(H,23,24). The van der Waals surface area contributed by atoms with Crippen molar-refractivity contribution >= 4 is 71.9 Å². The molecule has 4 rings (SSSR count). The van der Waals surface area contributed by atoms with Crippen molar-refractivity contribution in [2.45, 2.75) is 0 Å². The lowest BCUT2D eigenvalue weighted by Crippen LogP contribution is -2.13. The van der Waals surface area contributed by atoms with Gasteiger partial charge in [-0.15, -0.1) is 11.3 Å². The Kier molecular flexibility index (Phi) is 4.55. The molecule has 2 aromatic heterocycles. The van der Waals surface area contributed by atoms with E-state index >= 15 is 0 Å². The first-order valence-corrected chi connectivity index (χ1v) is 9.52. The van der Waals surface area contributed by atoms with Crippen molar-refractivity contribution in [3.63, 3.8) is 0 Å². The molecule has 0 saturated carbocycles. The van der Waals surface area contributed by atoms with Gasteiger partial charge in [0, 0.05) is 19.6 Å². The summed E-state index contributed by atoms with van der Waals surface area (Å²) in [6.07, 6.45) is 0. The third kappa shape index (κ3) is 3.39. The molecule has 4 aromatic rings. The minimum absolute atomic E-state index is 0.321. The summed E-state index contributed by atoms with van der Waals surface area (Å²) in [5.41, 5.74) is 0.220. The molecule has 1 N–H and O–H groups in total. The first-order valence-electron chi connectivity index (χ1n) is 7.53. The lowest BCUT2D eigenvalue weighted by atomic mass is 10.2. The largest absolute Gasteiger partial charge is 0.476 e. The number of carbonyl (C=O) groups is 2. The van der Waals surface area contributed by atoms with Crippen LogP contribution < -0.4 is 4.74 Å². The Morgan fingerprint density at radius 3 is 2.67 bits per heavy atom. The summed E-state index contributed by atoms with van der Waals surface area (Å²) in [5, 5.41) is 10.7. The van der Waals surface area contributed by atoms with Crippen LogP contribution in [-0.4, -0.2) is 27.0 Å². The van der Waals surface area contributed by atoms with Crippen LogP contribution in [-0.2, 0) is 0 Å². The molecule has 9 heteroatoms. The molecule has 0 fully saturated rings. The minimum Gasteiger partial charge on any atom is -0.476 e. The Morgan fingerprint density at radius 1 is 1.11 bits per heavy atom. The number of carboxylic acids is 1. The predicted molar refractivity (Wildman–Crippen MR) is 106 cm³/mol. The van der Waals surface area contributed by atoms with Crippen molar-refractivity contribution in [1.29, 1.82) is 0 Å². The van der Waals surface area contributed by atoms with E-state index in [-0.39, 0.29) is 5.88 Å². The second-order valence-electron chi connectivity index (χ2n) is 5.47. The Balaban J connectivity index is 1.76. The molecule has 0 bridgehead atoms. The van der Waals surface area contributed by atoms with E-state index in [0.717, 1.165) is 14.6 Å². The van der Waals surface area contributed by atoms with Gasteiger partial charge in [0.1, 0.15) is 4.88 Å². The first-order chi connectivity index (χ1) is 12.9. The highest BCUT2D eigenvalue weighted by molar-refractivity contribution is 9.10. The van der Waals surface area contributed by atoms with E-state index < -0.39 is 17.6 Å². The number of nitrogens with zero attached hydrogens (tertiary/aromatic N) is 2. The van der Waals surface area contributed by atoms with E-state index in [0.29, 0.717) is 20.9 Å². The predicted octanol–water partition coefficient (Wildman–Crippen LogP) is 5.18. The van der Waals surface area contributed by atoms with Crippen molar-refractivity contribution in [3.05, 3.63) is 62.5 Å². The summed E-state index contributed by atoms with van der Waals surface area (Å²) >= 11 is 10.6. The van der Waals surface area contributed by atoms with Crippen LogP contribution in [0.4, 0.5) is 0 Å². The molecule has 0 radical (unpaired) electrons. The number of halogens is 2. The maximum atomic E-state index is 12.6. The molecule has 27 heavy (non-hydrogen) atoms. The quantitative estimate of drug-likeness (QED) is 0.421. The highest BCUT2D eigenvalue weighted by Crippen LogP contribution is 2.32. The zero-order valence-corrected chi connectivity index (χ0v) is 16.4. The van der Waals surface area contributed by atoms with E-state index in [2.05, 4.69) is 25.9 Å². The molecule has 6 nitrogen and oxygen atoms in total. The van der Waals surface area contributed by atoms with Crippen molar-refractivity contribution in [2.24, 2.45) is 0 Å². The third-order valence-electron chi connectivity index (χ3n) is 3.70. The Bertz CT molecular complexity index is 1240. The average molecular weight is 464 g/mol. The fourth-order valence-electron chi connectivity index (χ4n) is 2.49. The second kappa shape index (κ2) is 6.88. The number of aromatic nitrogens is 2. The van der Waals surface area contributed by atoms with Gasteiger partial charge in [-0.3, -0.25) is 0 Å². The number of rotatable bonds is 3. The van der Waals surface area contributed by atoms with Gasteiger partial charge in [-0.25, -0.2) is 19.6 Å². The molecule has 0 aliphatic carbocycles. The zero-order chi connectivity index (χ0) is 19.1. The molecule has 2 heterocycles. The SMILES string of the molecule is O=C(Oc1nc2cc(Cl)ccc2nc1C(=O)O)c1cc2c(Br)cccc2s1. The van der Waals surface area contributed by atoms with Gasteiger partial charge in [0.15, 0.2) is 0 Å². The third-order valence-corrected chi connectivity index (χ3v) is 5.70. The van der Waals surface area contributed by atoms with E-state index in [1.165, 1.54) is 17.4 Å². The van der Waals surface area contributed by atoms with E-state index in [9.17, 15) is 14.7 Å². The van der Waals surface area contributed by atoms with Gasteiger partial charge in [-0.05, 0) is 36.4 Å². The monoisotopic (exact) mass is 462 g/mol. The molecular weight excluding hydrogens is 456 g/mol. The second-order valence-corrected chi connectivity index (χ2v) is 7.84. The van der Waals surface area contributed by atoms with Crippen molar-refractivity contribution in [1.82, 2.24) is 9.97 Å². The number of esters is 1.